The molecular weight excluding hydrogens is 434 g/mol. The predicted octanol–water partition coefficient (Wildman–Crippen LogP) is 0.445. The van der Waals surface area contributed by atoms with Crippen LogP contribution in [0, 0.1) is 17.8 Å². The van der Waals surface area contributed by atoms with Gasteiger partial charge in [-0.05, 0) is 58.3 Å². The Labute approximate surface area is 189 Å². The van der Waals surface area contributed by atoms with E-state index in [9.17, 15) is 27.9 Å². The zero-order valence-electron chi connectivity index (χ0n) is 18.7. The standard InChI is InChI=1S/C22H33N3O6S/c1-21(8-9-21)32(30,31)24-20(29)22-13-14(22)7-5-3-4-6-10-25(2)19(28)17-12-15(26)11-16(17)18(27)23-22/h5,7,14-17,26H,3-4,6,8-13H2,1-2H3,(H,23,27)(H,24,29)/b7-5-/t14-,15-,16-,17-,22-/m1/s1. The molecule has 0 spiro atoms. The number of amides is 3. The highest BCUT2D eigenvalue weighted by Gasteiger charge is 2.63. The molecule has 178 valence electrons. The lowest BCUT2D eigenvalue weighted by molar-refractivity contribution is -0.140. The first-order valence-electron chi connectivity index (χ1n) is 11.5. The fourth-order valence-electron chi connectivity index (χ4n) is 4.91. The molecule has 0 aromatic rings. The van der Waals surface area contributed by atoms with Crippen LogP contribution < -0.4 is 10.0 Å². The van der Waals surface area contributed by atoms with Crippen molar-refractivity contribution in [1.29, 1.82) is 0 Å². The minimum absolute atomic E-state index is 0.144. The number of aliphatic hydroxyl groups excluding tert-OH is 1. The molecule has 10 heteroatoms. The normalized spacial score (nSPS) is 38.0. The number of aliphatic hydroxyl groups is 1. The number of carbonyl (C=O) groups is 3. The third-order valence-corrected chi connectivity index (χ3v) is 9.81. The minimum atomic E-state index is -3.84. The van der Waals surface area contributed by atoms with Crippen molar-refractivity contribution >= 4 is 27.7 Å². The summed E-state index contributed by atoms with van der Waals surface area (Å²) in [6.07, 6.45) is 7.17. The van der Waals surface area contributed by atoms with Crippen molar-refractivity contribution in [2.75, 3.05) is 13.6 Å². The lowest BCUT2D eigenvalue weighted by Gasteiger charge is -2.27. The highest BCUT2D eigenvalue weighted by Crippen LogP contribution is 2.48. The molecule has 32 heavy (non-hydrogen) atoms. The van der Waals surface area contributed by atoms with Crippen LogP contribution in [0.25, 0.3) is 0 Å². The smallest absolute Gasteiger partial charge is 0.259 e. The van der Waals surface area contributed by atoms with Crippen molar-refractivity contribution in [3.63, 3.8) is 0 Å². The van der Waals surface area contributed by atoms with E-state index in [0.717, 1.165) is 19.3 Å². The van der Waals surface area contributed by atoms with Crippen LogP contribution in [0.3, 0.4) is 0 Å². The van der Waals surface area contributed by atoms with E-state index in [4.69, 9.17) is 0 Å². The third-order valence-electron chi connectivity index (χ3n) is 7.65. The highest BCUT2D eigenvalue weighted by molar-refractivity contribution is 7.91. The van der Waals surface area contributed by atoms with E-state index in [2.05, 4.69) is 10.0 Å². The summed E-state index contributed by atoms with van der Waals surface area (Å²) in [5.74, 6) is -3.09. The highest BCUT2D eigenvalue weighted by atomic mass is 32.2. The molecule has 0 bridgehead atoms. The van der Waals surface area contributed by atoms with Gasteiger partial charge in [0.15, 0.2) is 0 Å². The fourth-order valence-corrected chi connectivity index (χ4v) is 6.23. The summed E-state index contributed by atoms with van der Waals surface area (Å²) in [4.78, 5) is 41.0. The largest absolute Gasteiger partial charge is 0.393 e. The van der Waals surface area contributed by atoms with Gasteiger partial charge in [0.05, 0.1) is 22.7 Å². The van der Waals surface area contributed by atoms with Gasteiger partial charge in [-0.2, -0.15) is 0 Å². The topological polar surface area (TPSA) is 133 Å². The summed E-state index contributed by atoms with van der Waals surface area (Å²) in [5.41, 5.74) is -1.34. The van der Waals surface area contributed by atoms with E-state index in [1.807, 2.05) is 12.2 Å². The lowest BCUT2D eigenvalue weighted by atomic mass is 9.93. The molecule has 3 amide bonds. The average molecular weight is 468 g/mol. The molecular formula is C22H33N3O6S. The van der Waals surface area contributed by atoms with Gasteiger partial charge in [0.2, 0.25) is 21.8 Å². The molecule has 3 saturated carbocycles. The summed E-state index contributed by atoms with van der Waals surface area (Å²) in [6.45, 7) is 2.18. The maximum absolute atomic E-state index is 13.2. The molecule has 0 unspecified atom stereocenters. The van der Waals surface area contributed by atoms with Crippen LogP contribution in [0.4, 0.5) is 0 Å². The fraction of sp³-hybridized carbons (Fsp3) is 0.773. The van der Waals surface area contributed by atoms with Gasteiger partial charge in [0.1, 0.15) is 5.54 Å². The Kier molecular flexibility index (Phi) is 5.90. The average Bonchev–Trinajstić information content (AvgIpc) is 3.60. The summed E-state index contributed by atoms with van der Waals surface area (Å²) < 4.78 is 26.5. The Morgan fingerprint density at radius 1 is 1.22 bits per heavy atom. The van der Waals surface area contributed by atoms with Crippen molar-refractivity contribution in [3.8, 4) is 0 Å². The number of allylic oxidation sites excluding steroid dienone is 1. The number of carbonyl (C=O) groups excluding carboxylic acids is 3. The van der Waals surface area contributed by atoms with Crippen LogP contribution in [0.5, 0.6) is 0 Å². The monoisotopic (exact) mass is 467 g/mol. The molecule has 9 nitrogen and oxygen atoms in total. The van der Waals surface area contributed by atoms with Gasteiger partial charge in [0.25, 0.3) is 5.91 Å². The molecule has 0 saturated heterocycles. The molecule has 0 aromatic heterocycles. The zero-order chi connectivity index (χ0) is 23.3. The number of sulfonamides is 1. The molecule has 3 aliphatic carbocycles. The second kappa shape index (κ2) is 8.13. The number of nitrogens with one attached hydrogen (secondary N) is 2. The van der Waals surface area contributed by atoms with Gasteiger partial charge in [-0.25, -0.2) is 8.42 Å². The summed E-state index contributed by atoms with van der Waals surface area (Å²) in [5, 5.41) is 13.0. The van der Waals surface area contributed by atoms with Crippen molar-refractivity contribution in [3.05, 3.63) is 12.2 Å². The van der Waals surface area contributed by atoms with Crippen molar-refractivity contribution in [1.82, 2.24) is 14.9 Å². The van der Waals surface area contributed by atoms with Crippen LogP contribution in [-0.2, 0) is 24.4 Å². The summed E-state index contributed by atoms with van der Waals surface area (Å²) in [7, 11) is -2.14. The molecule has 0 radical (unpaired) electrons. The predicted molar refractivity (Wildman–Crippen MR) is 117 cm³/mol. The van der Waals surface area contributed by atoms with Gasteiger partial charge in [-0.1, -0.05) is 12.2 Å². The van der Waals surface area contributed by atoms with E-state index >= 15 is 0 Å². The molecule has 1 aliphatic heterocycles. The first kappa shape index (κ1) is 23.2. The lowest BCUT2D eigenvalue weighted by Crippen LogP contribution is -2.55. The minimum Gasteiger partial charge on any atom is -0.393 e. The maximum atomic E-state index is 13.2. The Bertz CT molecular complexity index is 943. The van der Waals surface area contributed by atoms with Gasteiger partial charge >= 0.3 is 0 Å². The van der Waals surface area contributed by atoms with Crippen LogP contribution in [0.15, 0.2) is 12.2 Å². The summed E-state index contributed by atoms with van der Waals surface area (Å²) in [6, 6.07) is 0. The second-order valence-electron chi connectivity index (χ2n) is 10.2. The molecule has 1 heterocycles. The first-order chi connectivity index (χ1) is 15.0. The Morgan fingerprint density at radius 3 is 2.59 bits per heavy atom. The van der Waals surface area contributed by atoms with E-state index < -0.39 is 50.1 Å². The second-order valence-corrected chi connectivity index (χ2v) is 12.4. The van der Waals surface area contributed by atoms with Gasteiger partial charge in [-0.15, -0.1) is 0 Å². The van der Waals surface area contributed by atoms with E-state index in [1.165, 1.54) is 0 Å². The molecule has 4 rings (SSSR count). The van der Waals surface area contributed by atoms with Crippen molar-refractivity contribution in [2.45, 2.75) is 74.7 Å². The third kappa shape index (κ3) is 4.19. The zero-order valence-corrected chi connectivity index (χ0v) is 19.5. The first-order valence-corrected chi connectivity index (χ1v) is 13.0. The molecule has 4 aliphatic rings. The molecule has 3 fully saturated rings. The van der Waals surface area contributed by atoms with Crippen LogP contribution in [0.2, 0.25) is 0 Å². The maximum Gasteiger partial charge on any atom is 0.259 e. The number of hydrogen-bond acceptors (Lipinski definition) is 6. The number of nitrogens with zero attached hydrogens (tertiary/aromatic N) is 1. The molecule has 3 N–H and O–H groups in total. The number of rotatable bonds is 3. The Hall–Kier alpha value is -1.94. The van der Waals surface area contributed by atoms with Gasteiger partial charge in [0, 0.05) is 19.5 Å². The van der Waals surface area contributed by atoms with Gasteiger partial charge in [-0.3, -0.25) is 19.1 Å². The summed E-state index contributed by atoms with van der Waals surface area (Å²) >= 11 is 0. The SMILES string of the molecule is CN1CCCC/C=C\[C@@H]2C[C@@]2(C(=O)NS(=O)(=O)C2(C)CC2)NC(=O)[C@@H]2C[C@@H](O)C[C@H]2C1=O. The van der Waals surface area contributed by atoms with Gasteiger partial charge < -0.3 is 15.3 Å². The Morgan fingerprint density at radius 2 is 1.91 bits per heavy atom. The van der Waals surface area contributed by atoms with Crippen LogP contribution >= 0.6 is 0 Å². The van der Waals surface area contributed by atoms with Crippen molar-refractivity contribution in [2.24, 2.45) is 17.8 Å². The van der Waals surface area contributed by atoms with E-state index in [1.54, 1.807) is 18.9 Å². The molecule has 0 aromatic carbocycles. The number of hydrogen-bond donors (Lipinski definition) is 3. The van der Waals surface area contributed by atoms with E-state index in [-0.39, 0.29) is 24.7 Å². The van der Waals surface area contributed by atoms with Crippen LogP contribution in [0.1, 0.15) is 58.3 Å². The molecule has 5 atom stereocenters. The Balaban J connectivity index is 1.59. The van der Waals surface area contributed by atoms with Crippen LogP contribution in [-0.4, -0.2) is 66.1 Å². The van der Waals surface area contributed by atoms with Crippen molar-refractivity contribution < 1.29 is 27.9 Å². The number of fused-ring (bicyclic) bond motifs is 2. The van der Waals surface area contributed by atoms with E-state index in [0.29, 0.717) is 25.8 Å². The quantitative estimate of drug-likeness (QED) is 0.516.